The van der Waals surface area contributed by atoms with E-state index in [4.69, 9.17) is 29.8 Å². The Labute approximate surface area is 89.7 Å². The normalized spacial score (nSPS) is 7.64. The minimum atomic E-state index is -4.64. The van der Waals surface area contributed by atoms with Gasteiger partial charge < -0.3 is 20.2 Å². The van der Waals surface area contributed by atoms with Gasteiger partial charge in [0.25, 0.3) is 0 Å². The average Bonchev–Trinajstić information content (AvgIpc) is 1.19. The monoisotopic (exact) mass is 371 g/mol. The molecule has 11 heavy (non-hydrogen) atoms. The van der Waals surface area contributed by atoms with Gasteiger partial charge in [-0.2, -0.15) is 0 Å². The van der Waals surface area contributed by atoms with Crippen LogP contribution in [0.15, 0.2) is 0 Å². The first kappa shape index (κ1) is 22.8. The Balaban J connectivity index is -0.0000000383. The molecule has 0 amide bonds. The summed E-state index contributed by atoms with van der Waals surface area (Å²) in [7, 11) is -4.64. The summed E-state index contributed by atoms with van der Waals surface area (Å²) in [6.45, 7) is 0. The molecule has 0 fully saturated rings. The fourth-order valence-corrected chi connectivity index (χ4v) is 0. The van der Waals surface area contributed by atoms with E-state index in [1.165, 1.54) is 0 Å². The van der Waals surface area contributed by atoms with Crippen molar-refractivity contribution in [1.82, 2.24) is 0 Å². The molecule has 0 aliphatic heterocycles. The predicted molar refractivity (Wildman–Crippen MR) is 19.2 cm³/mol. The molecule has 0 radical (unpaired) electrons. The maximum atomic E-state index is 8.88. The number of phosphoric acid groups is 1. The zero-order valence-corrected chi connectivity index (χ0v) is 11.2. The van der Waals surface area contributed by atoms with E-state index in [2.05, 4.69) is 0 Å². The first-order valence-electron chi connectivity index (χ1n) is 1.28. The van der Waals surface area contributed by atoms with Crippen LogP contribution in [0.3, 0.4) is 0 Å². The predicted octanol–water partition coefficient (Wildman–Crippen LogP) is -6.18. The summed E-state index contributed by atoms with van der Waals surface area (Å²) in [5, 5.41) is 0. The van der Waals surface area contributed by atoms with Gasteiger partial charge in [-0.1, -0.05) is 0 Å². The molecule has 0 atom stereocenters. The molecule has 11 heteroatoms. The fraction of sp³-hybridized carbons (Fsp3) is 0. The fourth-order valence-electron chi connectivity index (χ4n) is 0. The zero-order valence-electron chi connectivity index (χ0n) is 5.33. The minimum absolute atomic E-state index is 0. The van der Waals surface area contributed by atoms with E-state index < -0.39 is 25.4 Å². The van der Waals surface area contributed by atoms with Gasteiger partial charge in [-0.25, -0.2) is 4.57 Å². The molecule has 8 nitrogen and oxygen atoms in total. The summed E-state index contributed by atoms with van der Waals surface area (Å²) in [5.41, 5.74) is 0. The Hall–Kier alpha value is 1.32. The molecular weight excluding hydrogens is 366 g/mol. The number of hydrogen-bond acceptors (Lipinski definition) is 4. The van der Waals surface area contributed by atoms with Crippen LogP contribution in [0.5, 0.6) is 0 Å². The summed E-state index contributed by atoms with van der Waals surface area (Å²) in [5.74, 6) is 0. The van der Waals surface area contributed by atoms with Crippen LogP contribution in [0.1, 0.15) is 0 Å². The van der Waals surface area contributed by atoms with E-state index in [-0.39, 0.29) is 35.0 Å². The molecule has 0 aliphatic rings. The molecule has 0 unspecified atom stereocenters. The van der Waals surface area contributed by atoms with Crippen LogP contribution in [0, 0.1) is 0 Å². The van der Waals surface area contributed by atoms with E-state index in [9.17, 15) is 0 Å². The van der Waals surface area contributed by atoms with Crippen LogP contribution in [-0.4, -0.2) is 20.2 Å². The van der Waals surface area contributed by atoms with Crippen LogP contribution < -0.4 is 33.3 Å². The van der Waals surface area contributed by atoms with Gasteiger partial charge in [0.15, 0.2) is 0 Å². The number of hydrogen-bond donors (Lipinski definition) is 3. The van der Waals surface area contributed by atoms with Crippen LogP contribution in [0.25, 0.3) is 0 Å². The molecule has 0 heterocycles. The van der Waals surface area contributed by atoms with Crippen molar-refractivity contribution in [3.05, 3.63) is 0 Å². The molecule has 0 bridgehead atoms. The SMILES string of the molecule is O.O=P(O)(O)O.[Na+].[O]=[W](=[O])[O-]. The molecule has 0 aliphatic carbocycles. The summed E-state index contributed by atoms with van der Waals surface area (Å²) < 4.78 is 34.7. The molecule has 0 spiro atoms. The summed E-state index contributed by atoms with van der Waals surface area (Å²) in [6, 6.07) is 0. The second-order valence-electron chi connectivity index (χ2n) is 0.717. The summed E-state index contributed by atoms with van der Waals surface area (Å²) in [4.78, 5) is 21.6. The molecule has 0 saturated carbocycles. The standard InChI is InChI=1S/Na.H3O4P.H2O.3O.W/c;1-5(2,3)4;;;;;/h;(H3,1,2,3,4);1H2;;;;/q+1;;;;;-1;. The quantitative estimate of drug-likeness (QED) is 0.281. The van der Waals surface area contributed by atoms with Crippen molar-refractivity contribution in [1.29, 1.82) is 0 Å². The zero-order chi connectivity index (χ0) is 8.08. The Bertz CT molecular complexity index is 149. The topological polar surface area (TPSA) is 166 Å². The van der Waals surface area contributed by atoms with E-state index in [1.807, 2.05) is 0 Å². The van der Waals surface area contributed by atoms with Gasteiger partial charge in [0.05, 0.1) is 0 Å². The maximum absolute atomic E-state index is 8.88. The molecule has 5 N–H and O–H groups in total. The van der Waals surface area contributed by atoms with E-state index in [0.29, 0.717) is 0 Å². The summed E-state index contributed by atoms with van der Waals surface area (Å²) in [6.07, 6.45) is 0. The molecule has 0 aromatic rings. The Morgan fingerprint density at radius 1 is 1.18 bits per heavy atom. The van der Waals surface area contributed by atoms with Crippen LogP contribution >= 0.6 is 7.82 Å². The van der Waals surface area contributed by atoms with Crippen LogP contribution in [0.2, 0.25) is 0 Å². The van der Waals surface area contributed by atoms with Crippen molar-refractivity contribution >= 4 is 7.82 Å². The van der Waals surface area contributed by atoms with Gasteiger partial charge in [-0.3, -0.25) is 0 Å². The van der Waals surface area contributed by atoms with Crippen molar-refractivity contribution in [3.8, 4) is 0 Å². The third kappa shape index (κ3) is 565. The van der Waals surface area contributed by atoms with Gasteiger partial charge in [-0.15, -0.1) is 0 Å². The van der Waals surface area contributed by atoms with Crippen molar-refractivity contribution < 1.29 is 82.5 Å². The van der Waals surface area contributed by atoms with E-state index >= 15 is 0 Å². The number of rotatable bonds is 0. The molecule has 0 aromatic carbocycles. The molecular formula is H5NaO8PW. The van der Waals surface area contributed by atoms with Crippen molar-refractivity contribution in [2.75, 3.05) is 0 Å². The van der Waals surface area contributed by atoms with Gasteiger partial charge in [0.2, 0.25) is 0 Å². The van der Waals surface area contributed by atoms with E-state index in [0.717, 1.165) is 0 Å². The van der Waals surface area contributed by atoms with Crippen LogP contribution in [0.4, 0.5) is 0 Å². The average molecular weight is 371 g/mol. The van der Waals surface area contributed by atoms with Gasteiger partial charge in [0.1, 0.15) is 0 Å². The van der Waals surface area contributed by atoms with Crippen molar-refractivity contribution in [2.45, 2.75) is 0 Å². The second kappa shape index (κ2) is 11.3. The Morgan fingerprint density at radius 2 is 1.18 bits per heavy atom. The van der Waals surface area contributed by atoms with E-state index in [1.54, 1.807) is 0 Å². The third-order valence-corrected chi connectivity index (χ3v) is 0. The van der Waals surface area contributed by atoms with Crippen LogP contribution in [-0.2, 0) is 29.0 Å². The molecule has 0 rings (SSSR count). The third-order valence-electron chi connectivity index (χ3n) is 0. The van der Waals surface area contributed by atoms with Crippen molar-refractivity contribution in [3.63, 3.8) is 0 Å². The van der Waals surface area contributed by atoms with Gasteiger partial charge in [-0.05, 0) is 0 Å². The first-order valence-corrected chi connectivity index (χ1v) is 6.44. The first-order chi connectivity index (χ1) is 3.73. The molecule has 65 valence electrons. The summed E-state index contributed by atoms with van der Waals surface area (Å²) >= 11 is -4.28. The Kier molecular flexibility index (Phi) is 23.5. The van der Waals surface area contributed by atoms with Crippen molar-refractivity contribution in [2.24, 2.45) is 0 Å². The molecule has 0 saturated heterocycles. The molecule has 0 aromatic heterocycles. The van der Waals surface area contributed by atoms with Gasteiger partial charge in [0, 0.05) is 0 Å². The van der Waals surface area contributed by atoms with Gasteiger partial charge >= 0.3 is 65.6 Å². The second-order valence-corrected chi connectivity index (χ2v) is 3.21. The Morgan fingerprint density at radius 3 is 1.18 bits per heavy atom.